The van der Waals surface area contributed by atoms with Crippen LogP contribution >= 0.6 is 0 Å². The van der Waals surface area contributed by atoms with Gasteiger partial charge in [0.1, 0.15) is 188 Å². The van der Waals surface area contributed by atoms with Gasteiger partial charge in [-0.15, -0.1) is 0 Å². The number of amides is 5. The normalized spacial score (nSPS) is 36.6. The van der Waals surface area contributed by atoms with E-state index in [2.05, 4.69) is 26.6 Å². The van der Waals surface area contributed by atoms with Gasteiger partial charge in [0.25, 0.3) is 0 Å². The molecule has 5 amide bonds. The molecule has 29 N–H and O–H groups in total. The summed E-state index contributed by atoms with van der Waals surface area (Å²) in [6, 6.07) is 0. The molecule has 7 fully saturated rings. The number of rotatable bonds is 57. The third kappa shape index (κ3) is 33.8. The van der Waals surface area contributed by atoms with Crippen LogP contribution in [0.1, 0.15) is 110 Å². The van der Waals surface area contributed by atoms with E-state index < -0.39 is 348 Å². The summed E-state index contributed by atoms with van der Waals surface area (Å²) in [5, 5.41) is 264. The van der Waals surface area contributed by atoms with Crippen LogP contribution in [0.15, 0.2) is 0 Å². The van der Waals surface area contributed by atoms with E-state index in [1.807, 2.05) is 0 Å². The molecular weight excluding hydrogens is 1770 g/mol. The largest absolute Gasteiger partial charge is 0.394 e. The molecule has 7 saturated heterocycles. The number of aliphatic hydroxyl groups excluding tert-OH is 24. The lowest BCUT2D eigenvalue weighted by atomic mass is 9.94. The molecule has 52 nitrogen and oxygen atoms in total. The van der Waals surface area contributed by atoms with Gasteiger partial charge in [-0.1, -0.05) is 19.8 Å². The maximum atomic E-state index is 14.1. The Kier molecular flexibility index (Phi) is 49.3. The summed E-state index contributed by atoms with van der Waals surface area (Å²) < 4.78 is 78.2. The number of hydrogen-bond acceptors (Lipinski definition) is 47. The van der Waals surface area contributed by atoms with Gasteiger partial charge in [0.2, 0.25) is 29.5 Å². The van der Waals surface area contributed by atoms with Crippen molar-refractivity contribution >= 4 is 46.9 Å². The van der Waals surface area contributed by atoms with Crippen LogP contribution in [0.3, 0.4) is 0 Å². The summed E-state index contributed by atoms with van der Waals surface area (Å²) in [7, 11) is 0. The zero-order valence-corrected chi connectivity index (χ0v) is 72.5. The highest BCUT2D eigenvalue weighted by molar-refractivity contribution is 5.88. The number of hydrogen-bond donors (Lipinski definition) is 29. The van der Waals surface area contributed by atoms with E-state index in [0.29, 0.717) is 51.4 Å². The SMILES string of the molecule is CCC(=O)CCCCCNC(=O)CN(CC(=O)NCCCCCC(=O)CCCO[C@H]1O[C@H](CO[C@H]2O[C@H](CO)[C@@H](O)[C@H](O)[C@@H]2O)[C@@H](O)[C@H](O[C@H]2O[C@H](CO)[C@@H](O)[C@H](O)[C@@H]2O)[C@@H]1O)CC(=O)NCCCC(=O)C[C@@H](CCC(=O)NCCO[C@H]1O[C@H](CO)[C@@H](O)[C@H](O)[C@@H]1O)C(=O)NCCO[C@H]1O[C@H](CO[C@H]2O[C@H](CO)[C@@H](O)[C@H](O)[C@@H]2O)[C@@H](O)[C@H](OC2O[C@H](CO)[C@@H](O)[C@H](O)[C@@H]2O)[C@@H]1O. The van der Waals surface area contributed by atoms with Crippen LogP contribution in [0.5, 0.6) is 0 Å². The monoisotopic (exact) mass is 1900 g/mol. The summed E-state index contributed by atoms with van der Waals surface area (Å²) in [6.45, 7) is -6.90. The summed E-state index contributed by atoms with van der Waals surface area (Å²) >= 11 is 0. The first-order chi connectivity index (χ1) is 62.4. The van der Waals surface area contributed by atoms with E-state index in [4.69, 9.17) is 66.3 Å². The number of nitrogens with one attached hydrogen (secondary N) is 5. The Labute approximate surface area is 752 Å². The van der Waals surface area contributed by atoms with Crippen molar-refractivity contribution in [3.05, 3.63) is 0 Å². The molecular formula is C79H136N6O46. The van der Waals surface area contributed by atoms with E-state index in [0.717, 1.165) is 0 Å². The minimum Gasteiger partial charge on any atom is -0.394 e. The van der Waals surface area contributed by atoms with Crippen molar-refractivity contribution in [1.29, 1.82) is 0 Å². The van der Waals surface area contributed by atoms with Crippen LogP contribution < -0.4 is 26.6 Å². The fraction of sp³-hybridized carbons (Fsp3) is 0.899. The Hall–Kier alpha value is -5.20. The van der Waals surface area contributed by atoms with E-state index in [1.165, 1.54) is 4.90 Å². The summed E-state index contributed by atoms with van der Waals surface area (Å²) in [4.78, 5) is 108. The minimum absolute atomic E-state index is 0.0216. The number of carbonyl (C=O) groups is 8. The molecule has 131 heavy (non-hydrogen) atoms. The average molecular weight is 1910 g/mol. The predicted octanol–water partition coefficient (Wildman–Crippen LogP) is -15.8. The number of Topliss-reactive ketones (excluding diaryl/α,β-unsaturated/α-hetero) is 3. The number of aliphatic hydroxyl groups is 24. The second-order valence-electron chi connectivity index (χ2n) is 33.1. The average Bonchev–Trinajstić information content (AvgIpc) is 0.783. The highest BCUT2D eigenvalue weighted by Gasteiger charge is 2.56. The molecule has 0 bridgehead atoms. The fourth-order valence-electron chi connectivity index (χ4n) is 15.2. The van der Waals surface area contributed by atoms with Crippen molar-refractivity contribution in [1.82, 2.24) is 31.5 Å². The van der Waals surface area contributed by atoms with Crippen molar-refractivity contribution < 1.29 is 227 Å². The molecule has 0 saturated carbocycles. The molecule has 0 radical (unpaired) electrons. The van der Waals surface area contributed by atoms with Gasteiger partial charge in [-0.3, -0.25) is 43.3 Å². The quantitative estimate of drug-likeness (QED) is 0.0251. The molecule has 0 spiro atoms. The second-order valence-corrected chi connectivity index (χ2v) is 33.1. The van der Waals surface area contributed by atoms with E-state index in [9.17, 15) is 161 Å². The molecule has 7 aliphatic heterocycles. The smallest absolute Gasteiger partial charge is 0.234 e. The Morgan fingerprint density at radius 1 is 0.290 bits per heavy atom. The molecule has 52 heteroatoms. The van der Waals surface area contributed by atoms with Gasteiger partial charge < -0.3 is 215 Å². The fourth-order valence-corrected chi connectivity index (χ4v) is 15.2. The van der Waals surface area contributed by atoms with Crippen LogP contribution in [0.25, 0.3) is 0 Å². The van der Waals surface area contributed by atoms with Crippen LogP contribution in [0.2, 0.25) is 0 Å². The van der Waals surface area contributed by atoms with Crippen LogP contribution in [0.4, 0.5) is 0 Å². The van der Waals surface area contributed by atoms with Crippen molar-refractivity contribution in [2.45, 2.75) is 325 Å². The molecule has 7 rings (SSSR count). The van der Waals surface area contributed by atoms with E-state index in [-0.39, 0.29) is 89.5 Å². The Balaban J connectivity index is 0.903. The van der Waals surface area contributed by atoms with Crippen molar-refractivity contribution in [3.63, 3.8) is 0 Å². The first-order valence-electron chi connectivity index (χ1n) is 44.0. The Morgan fingerprint density at radius 3 is 0.992 bits per heavy atom. The van der Waals surface area contributed by atoms with E-state index >= 15 is 0 Å². The first kappa shape index (κ1) is 113. The van der Waals surface area contributed by atoms with Gasteiger partial charge in [0, 0.05) is 83.6 Å². The third-order valence-corrected chi connectivity index (χ3v) is 23.2. The molecule has 7 heterocycles. The van der Waals surface area contributed by atoms with Crippen molar-refractivity contribution in [2.75, 3.05) is 118 Å². The third-order valence-electron chi connectivity index (χ3n) is 23.2. The van der Waals surface area contributed by atoms with Crippen molar-refractivity contribution in [2.24, 2.45) is 5.92 Å². The molecule has 0 aromatic heterocycles. The highest BCUT2D eigenvalue weighted by atomic mass is 16.8. The molecule has 7 aliphatic rings. The lowest BCUT2D eigenvalue weighted by Crippen LogP contribution is -2.65. The van der Waals surface area contributed by atoms with Gasteiger partial charge in [0.05, 0.1) is 85.7 Å². The van der Waals surface area contributed by atoms with Crippen molar-refractivity contribution in [3.8, 4) is 0 Å². The van der Waals surface area contributed by atoms with Gasteiger partial charge in [-0.25, -0.2) is 0 Å². The first-order valence-corrected chi connectivity index (χ1v) is 44.0. The lowest BCUT2D eigenvalue weighted by Gasteiger charge is -2.46. The van der Waals surface area contributed by atoms with Gasteiger partial charge in [0.15, 0.2) is 44.0 Å². The molecule has 1 unspecified atom stereocenters. The molecule has 758 valence electrons. The Bertz CT molecular complexity index is 3390. The standard InChI is InChI=1S/C79H136N6O46/c1-2-37(91)11-5-3-7-17-80-48(95)26-85(27-49(96)81-18-8-4-6-12-38(92)14-10-22-118-76-68(115)70(130-78-66(113)61(108)54(101)43(32-89)126-78)56(103)45(128-76)34-121-74-64(111)59(106)52(99)41(30-87)124-74)28-50(97)82-19-9-13-39(93)25-36(15-16-47(94)83-20-23-119-73-63(110)58(105)51(98)40(29-86)123-73)72(117)84-21-24-120-77-69(116)71(131-79-67(114)62(109)55(102)44(33-90)127-79)57(104)46(129-77)35-122-75-65(112)60(107)53(100)42(31-88)125-75/h36,40-46,51-71,73-79,86-90,98-116H,2-35H2,1H3,(H,80,95)(H,81,96)(H,82,97)(H,83,94)(H,84,117)/t36-,40-,41-,42-,43-,44-,45-,46-,51-,52-,53-,54-,55-,56-,57-,58+,59+,60+,61+,62+,63+,64+,65+,66+,67+,68+,69+,70+,71+,73+,74+,75+,76+,77+,78-,79?/m1/s1. The summed E-state index contributed by atoms with van der Waals surface area (Å²) in [5.74, 6) is -5.20. The zero-order chi connectivity index (χ0) is 96.5. The van der Waals surface area contributed by atoms with Crippen LogP contribution in [-0.2, 0) is 105 Å². The summed E-state index contributed by atoms with van der Waals surface area (Å²) in [6.07, 6.45) is -59.8. The van der Waals surface area contributed by atoms with Crippen LogP contribution in [0, 0.1) is 5.92 Å². The zero-order valence-electron chi connectivity index (χ0n) is 72.5. The van der Waals surface area contributed by atoms with Crippen LogP contribution in [-0.4, -0.2) is 508 Å². The molecule has 0 aromatic rings. The van der Waals surface area contributed by atoms with Gasteiger partial charge >= 0.3 is 0 Å². The van der Waals surface area contributed by atoms with Gasteiger partial charge in [-0.05, 0) is 44.9 Å². The number of unbranched alkanes of at least 4 members (excludes halogenated alkanes) is 4. The highest BCUT2D eigenvalue weighted by Crippen LogP contribution is 2.35. The second kappa shape index (κ2) is 57.2. The van der Waals surface area contributed by atoms with E-state index in [1.54, 1.807) is 6.92 Å². The van der Waals surface area contributed by atoms with Gasteiger partial charge in [-0.2, -0.15) is 0 Å². The topological polar surface area (TPSA) is 815 Å². The number of carbonyl (C=O) groups excluding carboxylic acids is 8. The lowest BCUT2D eigenvalue weighted by molar-refractivity contribution is -0.366. The summed E-state index contributed by atoms with van der Waals surface area (Å²) in [5.41, 5.74) is 0. The Morgan fingerprint density at radius 2 is 0.603 bits per heavy atom. The number of nitrogens with zero attached hydrogens (tertiary/aromatic N) is 1. The molecule has 0 aliphatic carbocycles. The maximum absolute atomic E-state index is 14.1. The number of ether oxygens (including phenoxy) is 14. The molecule has 36 atom stereocenters. The number of ketones is 3. The predicted molar refractivity (Wildman–Crippen MR) is 429 cm³/mol. The maximum Gasteiger partial charge on any atom is 0.234 e. The minimum atomic E-state index is -2.06. The molecule has 0 aromatic carbocycles.